The maximum atomic E-state index is 14.6. The lowest BCUT2D eigenvalue weighted by Gasteiger charge is -2.39. The van der Waals surface area contributed by atoms with Crippen LogP contribution in [0.1, 0.15) is 73.3 Å². The zero-order chi connectivity index (χ0) is 37.4. The summed E-state index contributed by atoms with van der Waals surface area (Å²) >= 11 is 0. The van der Waals surface area contributed by atoms with Gasteiger partial charge in [-0.15, -0.1) is 0 Å². The number of para-hydroxylation sites is 1. The number of carbonyl (C=O) groups is 3. The van der Waals surface area contributed by atoms with Crippen LogP contribution in [0.2, 0.25) is 0 Å². The summed E-state index contributed by atoms with van der Waals surface area (Å²) in [6, 6.07) is 19.1. The first-order valence-corrected chi connectivity index (χ1v) is 17.4. The molecule has 2 aliphatic heterocycles. The van der Waals surface area contributed by atoms with Gasteiger partial charge in [-0.2, -0.15) is 5.10 Å². The van der Waals surface area contributed by atoms with Gasteiger partial charge in [-0.25, -0.2) is 22.6 Å². The largest absolute Gasteiger partial charge is 0.444 e. The van der Waals surface area contributed by atoms with Gasteiger partial charge in [0.15, 0.2) is 0 Å². The van der Waals surface area contributed by atoms with Crippen LogP contribution in [0.5, 0.6) is 0 Å². The fourth-order valence-corrected chi connectivity index (χ4v) is 6.76. The predicted octanol–water partition coefficient (Wildman–Crippen LogP) is 6.47. The average Bonchev–Trinajstić information content (AvgIpc) is 3.47. The van der Waals surface area contributed by atoms with Gasteiger partial charge < -0.3 is 15.0 Å². The molecule has 0 spiro atoms. The lowest BCUT2D eigenvalue weighted by molar-refractivity contribution is -0.121. The molecule has 274 valence electrons. The Hall–Kier alpha value is -5.17. The average molecular weight is 717 g/mol. The summed E-state index contributed by atoms with van der Waals surface area (Å²) < 4.78 is 50.1. The third kappa shape index (κ3) is 7.69. The van der Waals surface area contributed by atoms with E-state index in [1.54, 1.807) is 26.6 Å². The smallest absolute Gasteiger partial charge is 0.410 e. The Morgan fingerprint density at radius 1 is 0.923 bits per heavy atom. The van der Waals surface area contributed by atoms with Gasteiger partial charge in [-0.05, 0) is 69.7 Å². The van der Waals surface area contributed by atoms with E-state index in [0.29, 0.717) is 61.0 Å². The molecular weight excluding hydrogens is 673 g/mol. The van der Waals surface area contributed by atoms with Crippen molar-refractivity contribution >= 4 is 23.7 Å². The highest BCUT2D eigenvalue weighted by Gasteiger charge is 2.46. The highest BCUT2D eigenvalue weighted by molar-refractivity contribution is 6.05. The van der Waals surface area contributed by atoms with Gasteiger partial charge in [0, 0.05) is 68.8 Å². The van der Waals surface area contributed by atoms with E-state index in [-0.39, 0.29) is 23.8 Å². The van der Waals surface area contributed by atoms with Crippen LogP contribution in [0.3, 0.4) is 0 Å². The minimum absolute atomic E-state index is 0.0263. The second-order valence-corrected chi connectivity index (χ2v) is 14.2. The first kappa shape index (κ1) is 36.6. The monoisotopic (exact) mass is 716 g/mol. The van der Waals surface area contributed by atoms with Crippen molar-refractivity contribution in [3.05, 3.63) is 113 Å². The molecule has 3 aromatic carbocycles. The molecule has 1 fully saturated rings. The van der Waals surface area contributed by atoms with Gasteiger partial charge in [0.2, 0.25) is 0 Å². The number of carbonyl (C=O) groups excluding carboxylic acids is 3. The summed E-state index contributed by atoms with van der Waals surface area (Å²) in [5.41, 5.74) is 1.61. The molecule has 52 heavy (non-hydrogen) atoms. The molecule has 10 nitrogen and oxygen atoms in total. The van der Waals surface area contributed by atoms with Crippen LogP contribution in [0.4, 0.5) is 23.8 Å². The molecule has 1 N–H and O–H groups in total. The minimum atomic E-state index is -3.18. The molecule has 3 amide bonds. The number of alkyl halides is 2. The van der Waals surface area contributed by atoms with Crippen molar-refractivity contribution in [1.29, 1.82) is 0 Å². The predicted molar refractivity (Wildman–Crippen MR) is 190 cm³/mol. The van der Waals surface area contributed by atoms with Crippen LogP contribution in [0.25, 0.3) is 5.69 Å². The molecular formula is C39H43F3N6O4. The van der Waals surface area contributed by atoms with Gasteiger partial charge in [-0.3, -0.25) is 19.4 Å². The van der Waals surface area contributed by atoms with Crippen molar-refractivity contribution in [2.45, 2.75) is 64.6 Å². The Morgan fingerprint density at radius 2 is 1.60 bits per heavy atom. The first-order chi connectivity index (χ1) is 24.6. The zero-order valence-corrected chi connectivity index (χ0v) is 29.9. The summed E-state index contributed by atoms with van der Waals surface area (Å²) in [7, 11) is 0. The number of nitrogens with one attached hydrogen (secondary N) is 1. The minimum Gasteiger partial charge on any atom is -0.444 e. The number of aromatic nitrogens is 2. The molecule has 1 saturated heterocycles. The van der Waals surface area contributed by atoms with E-state index in [4.69, 9.17) is 9.84 Å². The summed E-state index contributed by atoms with van der Waals surface area (Å²) in [4.78, 5) is 46.6. The number of hydrogen-bond acceptors (Lipinski definition) is 6. The molecule has 0 bridgehead atoms. The number of nitrogens with zero attached hydrogens (tertiary/aromatic N) is 5. The van der Waals surface area contributed by atoms with E-state index in [1.807, 2.05) is 58.0 Å². The van der Waals surface area contributed by atoms with Gasteiger partial charge in [0.05, 0.1) is 11.4 Å². The van der Waals surface area contributed by atoms with Gasteiger partial charge >= 0.3 is 6.09 Å². The van der Waals surface area contributed by atoms with Crippen molar-refractivity contribution in [1.82, 2.24) is 24.9 Å². The molecule has 0 aliphatic carbocycles. The highest BCUT2D eigenvalue weighted by atomic mass is 19.3. The third-order valence-electron chi connectivity index (χ3n) is 9.27. The molecule has 1 unspecified atom stereocenters. The molecule has 0 saturated carbocycles. The standard InChI is InChI=1S/C39H43F3N6O4/c1-6-47-35-32(30(44-48(35)29-13-8-7-9-14-29)24-45-19-21-46(22-20-45)37(51)52-38(2,3)4)31(25-15-17-28(40)18-16-25)33(36(47)50)43-34(49)26-11-10-12-27(23-26)39(5,41)42/h7-18,23,31,33H,6,19-22,24H2,1-5H3,(H,43,49)/t31?,33-/m0/s1. The quantitative estimate of drug-likeness (QED) is 0.225. The maximum absolute atomic E-state index is 14.6. The number of ether oxygens (including phenoxy) is 1. The van der Waals surface area contributed by atoms with Crippen molar-refractivity contribution in [2.75, 3.05) is 37.6 Å². The number of piperazine rings is 1. The van der Waals surface area contributed by atoms with Crippen molar-refractivity contribution < 1.29 is 32.3 Å². The number of halogens is 3. The summed E-state index contributed by atoms with van der Waals surface area (Å²) in [5, 5.41) is 7.97. The van der Waals surface area contributed by atoms with Crippen molar-refractivity contribution in [3.8, 4) is 5.69 Å². The second kappa shape index (κ2) is 14.5. The highest BCUT2D eigenvalue weighted by Crippen LogP contribution is 2.44. The molecule has 13 heteroatoms. The number of hydrogen-bond donors (Lipinski definition) is 1. The number of rotatable bonds is 8. The number of benzene rings is 3. The molecule has 3 heterocycles. The van der Waals surface area contributed by atoms with Gasteiger partial charge in [0.25, 0.3) is 17.7 Å². The van der Waals surface area contributed by atoms with Crippen LogP contribution >= 0.6 is 0 Å². The fourth-order valence-electron chi connectivity index (χ4n) is 6.76. The van der Waals surface area contributed by atoms with E-state index < -0.39 is 41.1 Å². The fraction of sp³-hybridized carbons (Fsp3) is 0.385. The van der Waals surface area contributed by atoms with E-state index in [2.05, 4.69) is 10.2 Å². The lowest BCUT2D eigenvalue weighted by atomic mass is 9.80. The molecule has 2 aliphatic rings. The Balaban J connectivity index is 1.43. The Morgan fingerprint density at radius 3 is 2.21 bits per heavy atom. The van der Waals surface area contributed by atoms with Crippen LogP contribution in [0, 0.1) is 5.82 Å². The summed E-state index contributed by atoms with van der Waals surface area (Å²) in [5.74, 6) is -5.08. The number of amides is 3. The van der Waals surface area contributed by atoms with Gasteiger partial charge in [-0.1, -0.05) is 42.5 Å². The van der Waals surface area contributed by atoms with Crippen molar-refractivity contribution in [3.63, 3.8) is 0 Å². The van der Waals surface area contributed by atoms with Crippen LogP contribution in [-0.4, -0.2) is 81.9 Å². The Labute approximate surface area is 301 Å². The van der Waals surface area contributed by atoms with E-state index >= 15 is 0 Å². The first-order valence-electron chi connectivity index (χ1n) is 17.4. The molecule has 2 atom stereocenters. The van der Waals surface area contributed by atoms with Gasteiger partial charge in [0.1, 0.15) is 23.3 Å². The van der Waals surface area contributed by atoms with E-state index in [0.717, 1.165) is 13.0 Å². The zero-order valence-electron chi connectivity index (χ0n) is 29.9. The van der Waals surface area contributed by atoms with Crippen LogP contribution in [-0.2, 0) is 22.0 Å². The topological polar surface area (TPSA) is 100 Å². The lowest BCUT2D eigenvalue weighted by Crippen LogP contribution is -2.55. The summed E-state index contributed by atoms with van der Waals surface area (Å²) in [6.07, 6.45) is -0.377. The Kier molecular flexibility index (Phi) is 10.2. The number of likely N-dealkylation sites (N-methyl/N-ethyl adjacent to an activating group) is 1. The van der Waals surface area contributed by atoms with E-state index in [1.165, 1.54) is 30.3 Å². The molecule has 4 aromatic rings. The SMILES string of the molecule is CCN1C(=O)[C@@H](NC(=O)c2cccc(C(C)(F)F)c2)C(c2ccc(F)cc2)c2c(CN3CCN(C(=O)OC(C)(C)C)CC3)nn(-c3ccccc3)c21. The molecule has 6 rings (SSSR count). The summed E-state index contributed by atoms with van der Waals surface area (Å²) in [6.45, 7) is 10.6. The van der Waals surface area contributed by atoms with Crippen LogP contribution in [0.15, 0.2) is 78.9 Å². The third-order valence-corrected chi connectivity index (χ3v) is 9.27. The van der Waals surface area contributed by atoms with E-state index in [9.17, 15) is 27.6 Å². The molecule has 1 aromatic heterocycles. The normalized spacial score (nSPS) is 18.3. The maximum Gasteiger partial charge on any atom is 0.410 e. The number of anilines is 1. The second-order valence-electron chi connectivity index (χ2n) is 14.2. The Bertz CT molecular complexity index is 1930. The number of fused-ring (bicyclic) bond motifs is 1. The van der Waals surface area contributed by atoms with Crippen molar-refractivity contribution in [2.24, 2.45) is 0 Å². The van der Waals surface area contributed by atoms with Crippen LogP contribution < -0.4 is 10.2 Å². The molecule has 0 radical (unpaired) electrons.